The Morgan fingerprint density at radius 3 is 1.60 bits per heavy atom. The van der Waals surface area contributed by atoms with Gasteiger partial charge in [-0.15, -0.1) is 22.7 Å². The fraction of sp³-hybridized carbons (Fsp3) is 0. The van der Waals surface area contributed by atoms with E-state index in [1.165, 1.54) is 94.6 Å². The van der Waals surface area contributed by atoms with E-state index in [4.69, 9.17) is 0 Å². The third-order valence-corrected chi connectivity index (χ3v) is 11.4. The molecule has 2 heteroatoms. The van der Waals surface area contributed by atoms with Crippen LogP contribution in [0, 0.1) is 0 Å². The fourth-order valence-corrected chi connectivity index (χ4v) is 9.82. The highest BCUT2D eigenvalue weighted by atomic mass is 32.1. The van der Waals surface area contributed by atoms with Gasteiger partial charge in [0, 0.05) is 45.7 Å². The Morgan fingerprint density at radius 1 is 0.310 bits per heavy atom. The Bertz CT molecular complexity index is 2740. The maximum Gasteiger partial charge on any atom is 0.0446 e. The van der Waals surface area contributed by atoms with Crippen LogP contribution in [0.1, 0.15) is 0 Å². The average Bonchev–Trinajstić information content (AvgIpc) is 3.63. The van der Waals surface area contributed by atoms with Crippen LogP contribution in [-0.2, 0) is 0 Å². The van der Waals surface area contributed by atoms with Crippen molar-refractivity contribution in [1.29, 1.82) is 0 Å². The first-order chi connectivity index (χ1) is 20.8. The highest BCUT2D eigenvalue weighted by molar-refractivity contribution is 7.27. The Labute approximate surface area is 249 Å². The largest absolute Gasteiger partial charge is 0.135 e. The molecule has 0 amide bonds. The van der Waals surface area contributed by atoms with E-state index in [1.54, 1.807) is 0 Å². The van der Waals surface area contributed by atoms with E-state index in [-0.39, 0.29) is 0 Å². The molecule has 0 saturated heterocycles. The number of hydrogen-bond acceptors (Lipinski definition) is 2. The van der Waals surface area contributed by atoms with E-state index in [2.05, 4.69) is 133 Å². The van der Waals surface area contributed by atoms with Gasteiger partial charge in [-0.2, -0.15) is 0 Å². The normalized spacial score (nSPS) is 12.3. The Kier molecular flexibility index (Phi) is 4.57. The Balaban J connectivity index is 1.37. The molecule has 10 aromatic rings. The van der Waals surface area contributed by atoms with Crippen molar-refractivity contribution in [3.8, 4) is 11.1 Å². The van der Waals surface area contributed by atoms with Gasteiger partial charge >= 0.3 is 0 Å². The van der Waals surface area contributed by atoms with Crippen LogP contribution < -0.4 is 0 Å². The minimum Gasteiger partial charge on any atom is -0.135 e. The van der Waals surface area contributed by atoms with Crippen molar-refractivity contribution >= 4 is 106 Å². The summed E-state index contributed by atoms with van der Waals surface area (Å²) in [5.74, 6) is 0. The predicted octanol–water partition coefficient (Wildman–Crippen LogP) is 12.7. The van der Waals surface area contributed by atoms with Gasteiger partial charge in [0.05, 0.1) is 0 Å². The van der Waals surface area contributed by atoms with Crippen molar-refractivity contribution in [2.75, 3.05) is 0 Å². The maximum absolute atomic E-state index is 2.43. The minimum absolute atomic E-state index is 1.29. The second-order valence-corrected chi connectivity index (χ2v) is 13.3. The first kappa shape index (κ1) is 22.9. The van der Waals surface area contributed by atoms with Gasteiger partial charge in [0.1, 0.15) is 0 Å². The molecule has 0 aliphatic heterocycles. The highest BCUT2D eigenvalue weighted by Crippen LogP contribution is 2.49. The van der Waals surface area contributed by atoms with Gasteiger partial charge in [-0.25, -0.2) is 0 Å². The SMILES string of the molecule is c1ccc2c(c1)sc1c(-c3ccc4c(c3)sc3c4c4ccccc4c4c5ccccc5c5ccccc5c34)cccc12. The lowest BCUT2D eigenvalue weighted by Crippen LogP contribution is -1.86. The first-order valence-corrected chi connectivity index (χ1v) is 16.0. The molecule has 0 aliphatic carbocycles. The molecule has 194 valence electrons. The standard InChI is InChI=1S/C40H22S2/c1-3-13-28-25(10-1)26-11-2-4-14-29(26)38-36(28)30-15-5-6-16-31(30)37-33-21-20-23(22-35(33)42-40(37)38)24-17-9-18-32-27-12-7-8-19-34(27)41-39(24)32/h1-22H. The van der Waals surface area contributed by atoms with Crippen molar-refractivity contribution in [1.82, 2.24) is 0 Å². The second-order valence-electron chi connectivity index (χ2n) is 11.2. The maximum atomic E-state index is 2.43. The number of hydrogen-bond donors (Lipinski definition) is 0. The topological polar surface area (TPSA) is 0 Å². The monoisotopic (exact) mass is 566 g/mol. The molecule has 0 N–H and O–H groups in total. The zero-order chi connectivity index (χ0) is 27.4. The van der Waals surface area contributed by atoms with E-state index >= 15 is 0 Å². The summed E-state index contributed by atoms with van der Waals surface area (Å²) in [5, 5.41) is 16.2. The molecule has 0 saturated carbocycles. The zero-order valence-corrected chi connectivity index (χ0v) is 24.2. The zero-order valence-electron chi connectivity index (χ0n) is 22.5. The molecular formula is C40H22S2. The van der Waals surface area contributed by atoms with Crippen LogP contribution in [0.15, 0.2) is 133 Å². The number of fused-ring (bicyclic) bond motifs is 16. The highest BCUT2D eigenvalue weighted by Gasteiger charge is 2.19. The molecule has 0 spiro atoms. The summed E-state index contributed by atoms with van der Waals surface area (Å²) in [7, 11) is 0. The molecule has 0 aliphatic rings. The molecular weight excluding hydrogens is 545 g/mol. The number of rotatable bonds is 1. The van der Waals surface area contributed by atoms with Gasteiger partial charge < -0.3 is 0 Å². The molecule has 42 heavy (non-hydrogen) atoms. The van der Waals surface area contributed by atoms with Crippen molar-refractivity contribution in [3.63, 3.8) is 0 Å². The van der Waals surface area contributed by atoms with Gasteiger partial charge in [0.15, 0.2) is 0 Å². The van der Waals surface area contributed by atoms with Gasteiger partial charge in [-0.1, -0.05) is 121 Å². The number of thiophene rings is 2. The predicted molar refractivity (Wildman–Crippen MR) is 188 cm³/mol. The van der Waals surface area contributed by atoms with Crippen LogP contribution in [0.5, 0.6) is 0 Å². The first-order valence-electron chi connectivity index (χ1n) is 14.4. The van der Waals surface area contributed by atoms with Crippen LogP contribution in [0.2, 0.25) is 0 Å². The van der Waals surface area contributed by atoms with Crippen LogP contribution in [0.25, 0.3) is 94.6 Å². The van der Waals surface area contributed by atoms with Crippen molar-refractivity contribution < 1.29 is 0 Å². The second kappa shape index (κ2) is 8.39. The van der Waals surface area contributed by atoms with Gasteiger partial charge in [0.2, 0.25) is 0 Å². The molecule has 2 aromatic heterocycles. The van der Waals surface area contributed by atoms with Crippen LogP contribution in [-0.4, -0.2) is 0 Å². The van der Waals surface area contributed by atoms with Crippen molar-refractivity contribution in [2.45, 2.75) is 0 Å². The average molecular weight is 567 g/mol. The van der Waals surface area contributed by atoms with E-state index < -0.39 is 0 Å². The summed E-state index contributed by atoms with van der Waals surface area (Å²) in [4.78, 5) is 0. The van der Waals surface area contributed by atoms with Crippen LogP contribution in [0.3, 0.4) is 0 Å². The van der Waals surface area contributed by atoms with Gasteiger partial charge in [-0.3, -0.25) is 0 Å². The number of benzene rings is 8. The summed E-state index contributed by atoms with van der Waals surface area (Å²) in [6.45, 7) is 0. The smallest absolute Gasteiger partial charge is 0.0446 e. The molecule has 0 nitrogen and oxygen atoms in total. The van der Waals surface area contributed by atoms with Crippen molar-refractivity contribution in [2.24, 2.45) is 0 Å². The van der Waals surface area contributed by atoms with E-state index in [9.17, 15) is 0 Å². The lowest BCUT2D eigenvalue weighted by molar-refractivity contribution is 1.75. The molecule has 0 bridgehead atoms. The molecule has 0 radical (unpaired) electrons. The summed E-state index contributed by atoms with van der Waals surface area (Å²) >= 11 is 3.86. The summed E-state index contributed by atoms with van der Waals surface area (Å²) in [6, 6.07) is 49.6. The van der Waals surface area contributed by atoms with E-state index in [0.717, 1.165) is 0 Å². The third kappa shape index (κ3) is 2.96. The Hall–Kier alpha value is -4.76. The molecule has 8 aromatic carbocycles. The molecule has 0 unspecified atom stereocenters. The summed E-state index contributed by atoms with van der Waals surface area (Å²) < 4.78 is 5.45. The lowest BCUT2D eigenvalue weighted by atomic mass is 9.89. The van der Waals surface area contributed by atoms with Gasteiger partial charge in [-0.05, 0) is 61.0 Å². The van der Waals surface area contributed by atoms with Crippen LogP contribution in [0.4, 0.5) is 0 Å². The van der Waals surface area contributed by atoms with E-state index in [1.807, 2.05) is 22.7 Å². The Morgan fingerprint density at radius 2 is 0.857 bits per heavy atom. The van der Waals surface area contributed by atoms with Crippen LogP contribution >= 0.6 is 22.7 Å². The fourth-order valence-electron chi connectivity index (χ4n) is 7.26. The third-order valence-electron chi connectivity index (χ3n) is 9.03. The molecule has 0 fully saturated rings. The lowest BCUT2D eigenvalue weighted by Gasteiger charge is -2.14. The molecule has 10 rings (SSSR count). The minimum atomic E-state index is 1.29. The summed E-state index contributed by atoms with van der Waals surface area (Å²) in [5.41, 5.74) is 2.61. The van der Waals surface area contributed by atoms with E-state index in [0.29, 0.717) is 0 Å². The molecule has 0 atom stereocenters. The van der Waals surface area contributed by atoms with Crippen molar-refractivity contribution in [3.05, 3.63) is 133 Å². The molecule has 2 heterocycles. The van der Waals surface area contributed by atoms with Gasteiger partial charge in [0.25, 0.3) is 0 Å². The quantitative estimate of drug-likeness (QED) is 0.173. The summed E-state index contributed by atoms with van der Waals surface area (Å²) in [6.07, 6.45) is 0.